The van der Waals surface area contributed by atoms with E-state index < -0.39 is 66.2 Å². The van der Waals surface area contributed by atoms with Crippen molar-refractivity contribution in [3.8, 4) is 50.6 Å². The molecule has 8 rings (SSSR count). The molecule has 0 N–H and O–H groups in total. The summed E-state index contributed by atoms with van der Waals surface area (Å²) >= 11 is 0. The maximum Gasteiger partial charge on any atom is 0.466 e. The quantitative estimate of drug-likeness (QED) is 0.0450. The van der Waals surface area contributed by atoms with E-state index in [0.29, 0.717) is 52.0 Å². The lowest BCUT2D eigenvalue weighted by Crippen LogP contribution is -2.39. The molecule has 2 heterocycles. The fourth-order valence-electron chi connectivity index (χ4n) is 11.8. The number of ether oxygens (including phenoxy) is 1. The van der Waals surface area contributed by atoms with Crippen LogP contribution in [0.15, 0.2) is 81.2 Å². The number of hydrogen-bond acceptors (Lipinski definition) is 10. The Morgan fingerprint density at radius 1 is 0.540 bits per heavy atom. The van der Waals surface area contributed by atoms with Gasteiger partial charge in [0.1, 0.15) is 34.2 Å². The molecule has 0 amide bonds. The lowest BCUT2D eigenvalue weighted by molar-refractivity contribution is -0.144. The fourth-order valence-corrected chi connectivity index (χ4v) is 17.4. The van der Waals surface area contributed by atoms with Gasteiger partial charge >= 0.3 is 28.8 Å². The van der Waals surface area contributed by atoms with Crippen LogP contribution in [0.5, 0.6) is 17.2 Å². The second-order valence-corrected chi connectivity index (χ2v) is 42.8. The number of carbonyl (C=O) groups is 3. The van der Waals surface area contributed by atoms with Gasteiger partial charge in [0.05, 0.1) is 21.6 Å². The number of Topliss-reactive ketones (excluding diaryl/α,β-unsaturated/α-hetero) is 1. The van der Waals surface area contributed by atoms with Gasteiger partial charge in [0, 0.05) is 44.9 Å². The Hall–Kier alpha value is -5.75. The molecule has 2 atom stereocenters. The van der Waals surface area contributed by atoms with E-state index in [4.69, 9.17) is 31.2 Å². The topological polar surface area (TPSA) is 124 Å². The number of esters is 1. The highest BCUT2D eigenvalue weighted by Gasteiger charge is 2.51. The lowest BCUT2D eigenvalue weighted by atomic mass is 9.81. The van der Waals surface area contributed by atoms with Gasteiger partial charge in [0.15, 0.2) is 5.60 Å². The maximum atomic E-state index is 14.1. The van der Waals surface area contributed by atoms with Crippen molar-refractivity contribution in [1.29, 1.82) is 0 Å². The largest absolute Gasteiger partial charge is 0.466 e. The minimum atomic E-state index is -2.52. The van der Waals surface area contributed by atoms with Crippen LogP contribution < -0.4 is 24.2 Å². The van der Waals surface area contributed by atoms with E-state index in [0.717, 1.165) is 82.7 Å². The summed E-state index contributed by atoms with van der Waals surface area (Å²) in [4.78, 5) is 41.9. The average molecular weight is 1250 g/mol. The van der Waals surface area contributed by atoms with Gasteiger partial charge in [-0.2, -0.15) is 0 Å². The summed E-state index contributed by atoms with van der Waals surface area (Å²) in [6.45, 7) is 55.0. The first kappa shape index (κ1) is 67.2. The van der Waals surface area contributed by atoms with Crippen LogP contribution in [-0.2, 0) is 40.7 Å². The molecule has 0 bridgehead atoms. The van der Waals surface area contributed by atoms with Gasteiger partial charge in [-0.05, 0) is 177 Å². The van der Waals surface area contributed by atoms with Crippen LogP contribution in [0.1, 0.15) is 160 Å². The molecule has 14 heteroatoms. The summed E-state index contributed by atoms with van der Waals surface area (Å²) in [5, 5.41) is 3.41. The zero-order chi connectivity index (χ0) is 64.8. The van der Waals surface area contributed by atoms with Crippen molar-refractivity contribution in [2.75, 3.05) is 0 Å². The monoisotopic (exact) mass is 1250 g/mol. The number of hydrogen-bond donors (Lipinski definition) is 0. The highest BCUT2D eigenvalue weighted by Crippen LogP contribution is 2.57. The van der Waals surface area contributed by atoms with Crippen molar-refractivity contribution < 1.29 is 45.6 Å². The van der Waals surface area contributed by atoms with E-state index in [1.807, 2.05) is 73.6 Å². The minimum absolute atomic E-state index is 0.0966. The highest BCUT2D eigenvalue weighted by molar-refractivity contribution is 7.43. The first-order valence-corrected chi connectivity index (χ1v) is 40.0. The Labute approximate surface area is 523 Å². The van der Waals surface area contributed by atoms with Crippen LogP contribution in [0, 0.1) is 52.4 Å². The van der Waals surface area contributed by atoms with E-state index in [1.54, 1.807) is 0 Å². The van der Waals surface area contributed by atoms with Crippen LogP contribution in [0.2, 0.25) is 39.3 Å². The molecule has 0 spiro atoms. The van der Waals surface area contributed by atoms with E-state index in [2.05, 4.69) is 177 Å². The summed E-state index contributed by atoms with van der Waals surface area (Å²) < 4.78 is 49.5. The van der Waals surface area contributed by atoms with Crippen molar-refractivity contribution in [2.24, 2.45) is 10.8 Å². The predicted octanol–water partition coefficient (Wildman–Crippen LogP) is 20.5. The molecule has 1 aliphatic heterocycles. The first-order valence-electron chi connectivity index (χ1n) is 30.8. The van der Waals surface area contributed by atoms with E-state index in [-0.39, 0.29) is 18.2 Å². The molecule has 6 aromatic carbocycles. The molecule has 0 radical (unpaired) electrons. The Balaban J connectivity index is 1.61. The summed E-state index contributed by atoms with van der Waals surface area (Å²) in [6, 6.07) is 26.0. The smallest absolute Gasteiger partial charge is 0.426 e. The lowest BCUT2D eigenvalue weighted by Gasteiger charge is -2.29. The van der Waals surface area contributed by atoms with Gasteiger partial charge in [-0.3, -0.25) is 14.1 Å². The molecule has 1 fully saturated rings. The Bertz CT molecular complexity index is 3780. The third-order valence-corrected chi connectivity index (χ3v) is 22.9. The number of rotatable bonds is 14. The first-order chi connectivity index (χ1) is 39.9. The number of carbonyl (C=O) groups excluding carboxylic acids is 3. The summed E-state index contributed by atoms with van der Waals surface area (Å²) in [7, 11) is -9.60. The molecule has 466 valence electrons. The molecule has 10 nitrogen and oxygen atoms in total. The SMILES string of the molecule is CCC1(CC)OP(Oc2c(-c3cc(-c4c(C)cc(C)cc4C)cc([Si](C)(C)C)c3Op3oc4c(C(C)(C)C)cc(CC(=O)C(C)(C)C)cc4c4cc(OC(=O)C(C)(C)C)cc(C(C)(C)C)c4o3)cc(-c3c(C)cc(C)cc3C)cc2[Si](C)(C)C)OC1=O. The van der Waals surface area contributed by atoms with Gasteiger partial charge in [0.25, 0.3) is 0 Å². The molecule has 1 saturated heterocycles. The van der Waals surface area contributed by atoms with Gasteiger partial charge in [-0.25, -0.2) is 4.79 Å². The number of fused-ring (bicyclic) bond motifs is 3. The second-order valence-electron chi connectivity index (χ2n) is 30.7. The summed E-state index contributed by atoms with van der Waals surface area (Å²) in [5.74, 6) is 0.832. The zero-order valence-corrected chi connectivity index (χ0v) is 60.8. The molecule has 2 unspecified atom stereocenters. The number of ketones is 1. The molecule has 87 heavy (non-hydrogen) atoms. The van der Waals surface area contributed by atoms with Gasteiger partial charge < -0.3 is 26.7 Å². The maximum absolute atomic E-state index is 14.1. The van der Waals surface area contributed by atoms with E-state index >= 15 is 0 Å². The van der Waals surface area contributed by atoms with Crippen LogP contribution >= 0.6 is 16.8 Å². The van der Waals surface area contributed by atoms with Crippen LogP contribution in [0.3, 0.4) is 0 Å². The minimum Gasteiger partial charge on any atom is -0.426 e. The fraction of sp³-hybridized carbons (Fsp3) is 0.466. The van der Waals surface area contributed by atoms with E-state index in [1.165, 1.54) is 11.1 Å². The second kappa shape index (κ2) is 23.9. The third-order valence-electron chi connectivity index (χ3n) is 16.7. The van der Waals surface area contributed by atoms with Gasteiger partial charge in [-0.1, -0.05) is 169 Å². The van der Waals surface area contributed by atoms with Gasteiger partial charge in [-0.15, -0.1) is 0 Å². The van der Waals surface area contributed by atoms with Crippen LogP contribution in [0.4, 0.5) is 0 Å². The molecular formula is C73H96O10P2Si2. The molecule has 1 aromatic heterocycles. The molecule has 7 aromatic rings. The van der Waals surface area contributed by atoms with Crippen molar-refractivity contribution >= 4 is 83.0 Å². The predicted molar refractivity (Wildman–Crippen MR) is 368 cm³/mol. The highest BCUT2D eigenvalue weighted by atomic mass is 31.2. The number of benzene rings is 6. The Morgan fingerprint density at radius 3 is 1.36 bits per heavy atom. The zero-order valence-electron chi connectivity index (χ0n) is 57.0. The number of aryl methyl sites for hydroxylation is 6. The average Bonchev–Trinajstić information content (AvgIpc) is 1.73. The molecule has 0 aliphatic carbocycles. The third kappa shape index (κ3) is 14.0. The van der Waals surface area contributed by atoms with Crippen molar-refractivity contribution in [2.45, 2.75) is 213 Å². The van der Waals surface area contributed by atoms with E-state index in [9.17, 15) is 14.4 Å². The Morgan fingerprint density at radius 2 is 0.966 bits per heavy atom. The standard InChI is InChI=1S/C73H96O10P2Si2/c1-27-73(28-2)68(76)82-85(83-73)81-66-54(37-50(39-59(66)87(24,25)26)62-46(7)31-43(4)32-47(62)8)53-36-49(61-44(5)29-42(3)30-45(61)6)38-58(86(21,22)23)65(53)80-84-78-63-52(33-48(34-56(63)69(9,10)11)35-60(74)71(15,16)17)55-40-51(77-67(75)72(18,19)20)41-57(64(55)79-84)70(12,13)14/h29-34,36-41H,27-28,35H2,1-26H3. The summed E-state index contributed by atoms with van der Waals surface area (Å²) in [6.07, 6.45) is 1.05. The van der Waals surface area contributed by atoms with Crippen LogP contribution in [0.25, 0.3) is 55.3 Å². The van der Waals surface area contributed by atoms with Crippen LogP contribution in [-0.4, -0.2) is 39.5 Å². The Kier molecular flexibility index (Phi) is 18.5. The summed E-state index contributed by atoms with van der Waals surface area (Å²) in [5.41, 5.74) is 12.7. The molecular weight excluding hydrogens is 1150 g/mol. The van der Waals surface area contributed by atoms with Gasteiger partial charge in [0.2, 0.25) is 0 Å². The normalized spacial score (nSPS) is 15.3. The molecule has 1 aliphatic rings. The molecule has 0 saturated carbocycles. The van der Waals surface area contributed by atoms with Crippen molar-refractivity contribution in [3.63, 3.8) is 0 Å². The van der Waals surface area contributed by atoms with Crippen molar-refractivity contribution in [3.05, 3.63) is 123 Å². The van der Waals surface area contributed by atoms with Crippen molar-refractivity contribution in [1.82, 2.24) is 0 Å².